The first-order chi connectivity index (χ1) is 11.0. The molecule has 1 aliphatic rings. The Hall–Kier alpha value is -2.08. The fourth-order valence-electron chi connectivity index (χ4n) is 2.16. The van der Waals surface area contributed by atoms with Crippen molar-refractivity contribution in [1.29, 1.82) is 0 Å². The Bertz CT molecular complexity index is 631. The summed E-state index contributed by atoms with van der Waals surface area (Å²) in [4.78, 5) is 29.2. The normalized spacial score (nSPS) is 16.5. The molecule has 0 bridgehead atoms. The van der Waals surface area contributed by atoms with Crippen molar-refractivity contribution >= 4 is 34.8 Å². The molecule has 1 unspecified atom stereocenters. The largest absolute Gasteiger partial charge is 0.390 e. The third-order valence-corrected chi connectivity index (χ3v) is 3.75. The van der Waals surface area contributed by atoms with Gasteiger partial charge in [0, 0.05) is 17.9 Å². The van der Waals surface area contributed by atoms with Gasteiger partial charge in [0.15, 0.2) is 0 Å². The van der Waals surface area contributed by atoms with Crippen LogP contribution in [0.1, 0.15) is 43.5 Å². The van der Waals surface area contributed by atoms with E-state index in [4.69, 9.17) is 16.4 Å². The number of benzene rings is 1. The first-order valence-electron chi connectivity index (χ1n) is 7.62. The molecule has 7 heteroatoms. The zero-order valence-electron chi connectivity index (χ0n) is 13.2. The van der Waals surface area contributed by atoms with Crippen molar-refractivity contribution in [1.82, 2.24) is 5.32 Å². The SMILES string of the molecule is CCC(=O)Nc1cc(Cl)ccc1C(=O)NCC1CC(CC)=NO1. The highest BCUT2D eigenvalue weighted by atomic mass is 35.5. The van der Waals surface area contributed by atoms with Crippen LogP contribution in [0.3, 0.4) is 0 Å². The van der Waals surface area contributed by atoms with Crippen LogP contribution in [0, 0.1) is 0 Å². The minimum Gasteiger partial charge on any atom is -0.390 e. The van der Waals surface area contributed by atoms with Gasteiger partial charge in [-0.05, 0) is 24.6 Å². The van der Waals surface area contributed by atoms with Crippen molar-refractivity contribution in [2.24, 2.45) is 5.16 Å². The minimum atomic E-state index is -0.290. The molecule has 124 valence electrons. The lowest BCUT2D eigenvalue weighted by Crippen LogP contribution is -2.32. The average molecular weight is 338 g/mol. The van der Waals surface area contributed by atoms with Crippen molar-refractivity contribution in [3.05, 3.63) is 28.8 Å². The molecule has 0 spiro atoms. The molecule has 0 saturated carbocycles. The summed E-state index contributed by atoms with van der Waals surface area (Å²) in [6.07, 6.45) is 1.74. The van der Waals surface area contributed by atoms with Gasteiger partial charge < -0.3 is 15.5 Å². The second-order valence-corrected chi connectivity index (χ2v) is 5.68. The number of hydrogen-bond acceptors (Lipinski definition) is 4. The standard InChI is InChI=1S/C16H20ClN3O3/c1-3-11-8-12(23-20-11)9-18-16(22)13-6-5-10(17)7-14(13)19-15(21)4-2/h5-7,12H,3-4,8-9H2,1-2H3,(H,18,22)(H,19,21). The molecule has 0 radical (unpaired) electrons. The Morgan fingerprint density at radius 3 is 2.83 bits per heavy atom. The third-order valence-electron chi connectivity index (χ3n) is 3.51. The Morgan fingerprint density at radius 1 is 1.39 bits per heavy atom. The lowest BCUT2D eigenvalue weighted by Gasteiger charge is -2.13. The predicted octanol–water partition coefficient (Wildman–Crippen LogP) is 2.97. The molecule has 1 atom stereocenters. The fourth-order valence-corrected chi connectivity index (χ4v) is 2.34. The summed E-state index contributed by atoms with van der Waals surface area (Å²) in [7, 11) is 0. The number of hydrogen-bond donors (Lipinski definition) is 2. The van der Waals surface area contributed by atoms with Crippen LogP contribution in [-0.2, 0) is 9.63 Å². The third kappa shape index (κ3) is 4.69. The van der Waals surface area contributed by atoms with Gasteiger partial charge in [-0.3, -0.25) is 9.59 Å². The smallest absolute Gasteiger partial charge is 0.253 e. The highest BCUT2D eigenvalue weighted by Crippen LogP contribution is 2.21. The van der Waals surface area contributed by atoms with Gasteiger partial charge in [-0.15, -0.1) is 0 Å². The Morgan fingerprint density at radius 2 is 2.17 bits per heavy atom. The number of carbonyl (C=O) groups is 2. The van der Waals surface area contributed by atoms with Gasteiger partial charge >= 0.3 is 0 Å². The van der Waals surface area contributed by atoms with Gasteiger partial charge in [-0.25, -0.2) is 0 Å². The van der Waals surface area contributed by atoms with Gasteiger partial charge in [-0.1, -0.05) is 30.6 Å². The number of halogens is 1. The minimum absolute atomic E-state index is 0.144. The zero-order chi connectivity index (χ0) is 16.8. The molecule has 1 heterocycles. The first kappa shape index (κ1) is 17.3. The van der Waals surface area contributed by atoms with E-state index in [9.17, 15) is 9.59 Å². The molecule has 0 saturated heterocycles. The summed E-state index contributed by atoms with van der Waals surface area (Å²) in [5, 5.41) is 9.90. The molecule has 0 aliphatic carbocycles. The van der Waals surface area contributed by atoms with E-state index >= 15 is 0 Å². The molecule has 2 rings (SSSR count). The highest BCUT2D eigenvalue weighted by molar-refractivity contribution is 6.31. The molecule has 23 heavy (non-hydrogen) atoms. The van der Waals surface area contributed by atoms with Crippen molar-refractivity contribution in [2.45, 2.75) is 39.2 Å². The second kappa shape index (κ2) is 7.97. The van der Waals surface area contributed by atoms with Crippen LogP contribution in [0.4, 0.5) is 5.69 Å². The van der Waals surface area contributed by atoms with E-state index in [-0.39, 0.29) is 17.9 Å². The highest BCUT2D eigenvalue weighted by Gasteiger charge is 2.21. The molecular weight excluding hydrogens is 318 g/mol. The quantitative estimate of drug-likeness (QED) is 0.837. The number of oxime groups is 1. The number of rotatable bonds is 6. The lowest BCUT2D eigenvalue weighted by molar-refractivity contribution is -0.115. The van der Waals surface area contributed by atoms with Gasteiger partial charge in [0.05, 0.1) is 23.5 Å². The lowest BCUT2D eigenvalue weighted by atomic mass is 10.1. The van der Waals surface area contributed by atoms with Crippen LogP contribution in [0.5, 0.6) is 0 Å². The van der Waals surface area contributed by atoms with Crippen molar-refractivity contribution < 1.29 is 14.4 Å². The van der Waals surface area contributed by atoms with Gasteiger partial charge in [0.25, 0.3) is 5.91 Å². The molecular formula is C16H20ClN3O3. The van der Waals surface area contributed by atoms with Gasteiger partial charge in [-0.2, -0.15) is 0 Å². The summed E-state index contributed by atoms with van der Waals surface area (Å²) in [5.74, 6) is -0.469. The van der Waals surface area contributed by atoms with E-state index in [0.717, 1.165) is 18.6 Å². The number of anilines is 1. The van der Waals surface area contributed by atoms with E-state index in [0.29, 0.717) is 29.2 Å². The number of nitrogens with zero attached hydrogens (tertiary/aromatic N) is 1. The van der Waals surface area contributed by atoms with Crippen LogP contribution < -0.4 is 10.6 Å². The van der Waals surface area contributed by atoms with E-state index in [2.05, 4.69) is 15.8 Å². The summed E-state index contributed by atoms with van der Waals surface area (Å²) >= 11 is 5.94. The summed E-state index contributed by atoms with van der Waals surface area (Å²) in [6.45, 7) is 4.11. The summed E-state index contributed by atoms with van der Waals surface area (Å²) < 4.78 is 0. The van der Waals surface area contributed by atoms with Crippen LogP contribution in [0.2, 0.25) is 5.02 Å². The maximum atomic E-state index is 12.4. The molecule has 0 fully saturated rings. The van der Waals surface area contributed by atoms with Crippen molar-refractivity contribution in [2.75, 3.05) is 11.9 Å². The topological polar surface area (TPSA) is 79.8 Å². The molecule has 2 amide bonds. The van der Waals surface area contributed by atoms with E-state index in [1.807, 2.05) is 6.92 Å². The van der Waals surface area contributed by atoms with Crippen LogP contribution >= 0.6 is 11.6 Å². The zero-order valence-corrected chi connectivity index (χ0v) is 13.9. The van der Waals surface area contributed by atoms with E-state index in [1.54, 1.807) is 25.1 Å². The van der Waals surface area contributed by atoms with Crippen LogP contribution in [0.15, 0.2) is 23.4 Å². The maximum Gasteiger partial charge on any atom is 0.253 e. The number of carbonyl (C=O) groups excluding carboxylic acids is 2. The van der Waals surface area contributed by atoms with Crippen LogP contribution in [0.25, 0.3) is 0 Å². The van der Waals surface area contributed by atoms with Gasteiger partial charge in [0.1, 0.15) is 6.10 Å². The molecule has 1 aromatic carbocycles. The fraction of sp³-hybridized carbons (Fsp3) is 0.438. The van der Waals surface area contributed by atoms with Crippen molar-refractivity contribution in [3.8, 4) is 0 Å². The van der Waals surface area contributed by atoms with Gasteiger partial charge in [0.2, 0.25) is 5.91 Å². The Kier molecular flexibility index (Phi) is 5.98. The average Bonchev–Trinajstić information content (AvgIpc) is 3.00. The van der Waals surface area contributed by atoms with E-state index in [1.165, 1.54) is 0 Å². The molecule has 1 aliphatic heterocycles. The number of nitrogens with one attached hydrogen (secondary N) is 2. The molecule has 0 aromatic heterocycles. The summed E-state index contributed by atoms with van der Waals surface area (Å²) in [6, 6.07) is 4.77. The Labute approximate surface area is 140 Å². The Balaban J connectivity index is 2.00. The predicted molar refractivity (Wildman–Crippen MR) is 89.9 cm³/mol. The number of amides is 2. The van der Waals surface area contributed by atoms with Crippen LogP contribution in [-0.4, -0.2) is 30.2 Å². The summed E-state index contributed by atoms with van der Waals surface area (Å²) in [5.41, 5.74) is 1.76. The molecule has 1 aromatic rings. The second-order valence-electron chi connectivity index (χ2n) is 5.24. The first-order valence-corrected chi connectivity index (χ1v) is 8.00. The molecule has 2 N–H and O–H groups in total. The molecule has 6 nitrogen and oxygen atoms in total. The maximum absolute atomic E-state index is 12.4. The van der Waals surface area contributed by atoms with E-state index < -0.39 is 0 Å². The monoisotopic (exact) mass is 337 g/mol. The van der Waals surface area contributed by atoms with Crippen molar-refractivity contribution in [3.63, 3.8) is 0 Å².